The van der Waals surface area contributed by atoms with Crippen molar-refractivity contribution in [2.24, 2.45) is 0 Å². The molecule has 3 aliphatic heterocycles. The van der Waals surface area contributed by atoms with Crippen molar-refractivity contribution >= 4 is 46.2 Å². The third-order valence-electron chi connectivity index (χ3n) is 13.8. The molecule has 6 aromatic carbocycles. The largest absolute Gasteiger partial charge is 0.452 e. The Morgan fingerprint density at radius 2 is 1.10 bits per heavy atom. The molecule has 1 aliphatic carbocycles. The van der Waals surface area contributed by atoms with E-state index in [0.29, 0.717) is 0 Å². The normalized spacial score (nSPS) is 15.8. The van der Waals surface area contributed by atoms with Crippen LogP contribution in [0.3, 0.4) is 0 Å². The molecule has 0 bridgehead atoms. The topological polar surface area (TPSA) is 15.7 Å². The summed E-state index contributed by atoms with van der Waals surface area (Å²) in [5.74, 6) is 1.91. The van der Waals surface area contributed by atoms with Gasteiger partial charge < -0.3 is 14.4 Å². The molecule has 3 heterocycles. The number of hydrogen-bond donors (Lipinski definition) is 0. The molecule has 3 nitrogen and oxygen atoms in total. The molecule has 4 aliphatic rings. The molecule has 0 atom stereocenters. The average molecular weight is 775 g/mol. The Morgan fingerprint density at radius 3 is 1.76 bits per heavy atom. The number of nitrogens with zero attached hydrogens (tertiary/aromatic N) is 2. The van der Waals surface area contributed by atoms with Crippen LogP contribution in [0.2, 0.25) is 0 Å². The van der Waals surface area contributed by atoms with Gasteiger partial charge in [0.1, 0.15) is 0 Å². The standard InChI is InChI=1S/C55H59BN2O/c1-51(2,3)32-19-22-36(23-20-32)57-44-29-33(52(4,5)6)21-25-42(44)56-48-38(27-34(30-45(48)57)53(7,8)9)39-28-35(54(10,11)12)31-46-49(39)58(56)43-26-24-41-47(50(43)59-46)37-17-15-16-18-40(37)55(41,13)14/h15-31H,1-14H3. The molecule has 0 spiro atoms. The zero-order chi connectivity index (χ0) is 41.9. The lowest BCUT2D eigenvalue weighted by Crippen LogP contribution is -2.62. The van der Waals surface area contributed by atoms with E-state index in [2.05, 4.69) is 210 Å². The van der Waals surface area contributed by atoms with E-state index in [9.17, 15) is 0 Å². The molecule has 0 saturated heterocycles. The Morgan fingerprint density at radius 1 is 0.508 bits per heavy atom. The van der Waals surface area contributed by atoms with Gasteiger partial charge in [0.25, 0.3) is 0 Å². The van der Waals surface area contributed by atoms with Crippen molar-refractivity contribution in [1.29, 1.82) is 0 Å². The minimum atomic E-state index is -0.141. The van der Waals surface area contributed by atoms with Crippen LogP contribution in [0.4, 0.5) is 28.4 Å². The van der Waals surface area contributed by atoms with Crippen molar-refractivity contribution in [2.45, 2.75) is 124 Å². The average Bonchev–Trinajstić information content (AvgIpc) is 3.40. The molecule has 10 rings (SSSR count). The van der Waals surface area contributed by atoms with Crippen LogP contribution in [0.1, 0.15) is 130 Å². The van der Waals surface area contributed by atoms with Crippen LogP contribution < -0.4 is 25.4 Å². The second-order valence-electron chi connectivity index (χ2n) is 22.4. The SMILES string of the molecule is CC(C)(C)c1ccc(N2c3cc(C(C)(C)C)ccc3B3c4c(cc(C(C)(C)C)cc42)-c2cc(C(C)(C)C)cc4c2N3c2ccc3c(c2O4)-c2ccccc2C3(C)C)cc1. The second kappa shape index (κ2) is 12.0. The fraction of sp³-hybridized carbons (Fsp3) is 0.345. The number of ether oxygens (including phenoxy) is 1. The van der Waals surface area contributed by atoms with Crippen LogP contribution in [0, 0.1) is 0 Å². The van der Waals surface area contributed by atoms with Crippen molar-refractivity contribution in [3.8, 4) is 33.8 Å². The first-order valence-corrected chi connectivity index (χ1v) is 21.7. The van der Waals surface area contributed by atoms with Crippen LogP contribution in [0.5, 0.6) is 11.5 Å². The first-order valence-electron chi connectivity index (χ1n) is 21.7. The highest BCUT2D eigenvalue weighted by molar-refractivity contribution is 6.93. The van der Waals surface area contributed by atoms with Crippen LogP contribution in [0.15, 0.2) is 103 Å². The van der Waals surface area contributed by atoms with Gasteiger partial charge in [-0.2, -0.15) is 0 Å². The molecule has 4 heteroatoms. The quantitative estimate of drug-likeness (QED) is 0.155. The van der Waals surface area contributed by atoms with Crippen molar-refractivity contribution in [3.05, 3.63) is 137 Å². The second-order valence-corrected chi connectivity index (χ2v) is 22.4. The Balaban J connectivity index is 1.34. The molecule has 298 valence electrons. The van der Waals surface area contributed by atoms with Crippen molar-refractivity contribution in [2.75, 3.05) is 9.71 Å². The van der Waals surface area contributed by atoms with Gasteiger partial charge in [-0.3, -0.25) is 0 Å². The highest BCUT2D eigenvalue weighted by Crippen LogP contribution is 2.62. The molecule has 0 saturated carbocycles. The zero-order valence-electron chi connectivity index (χ0n) is 37.7. The van der Waals surface area contributed by atoms with Crippen LogP contribution in [-0.4, -0.2) is 6.85 Å². The summed E-state index contributed by atoms with van der Waals surface area (Å²) in [7, 11) is 0. The van der Waals surface area contributed by atoms with Crippen molar-refractivity contribution in [3.63, 3.8) is 0 Å². The fourth-order valence-corrected chi connectivity index (χ4v) is 10.3. The molecule has 0 N–H and O–H groups in total. The van der Waals surface area contributed by atoms with Gasteiger partial charge in [-0.1, -0.05) is 158 Å². The van der Waals surface area contributed by atoms with E-state index in [1.54, 1.807) is 0 Å². The number of anilines is 5. The Hall–Kier alpha value is -5.22. The van der Waals surface area contributed by atoms with Crippen molar-refractivity contribution < 1.29 is 4.74 Å². The predicted octanol–water partition coefficient (Wildman–Crippen LogP) is 14.0. The molecular weight excluding hydrogens is 715 g/mol. The van der Waals surface area contributed by atoms with Crippen LogP contribution in [-0.2, 0) is 27.1 Å². The van der Waals surface area contributed by atoms with Gasteiger partial charge in [-0.05, 0) is 120 Å². The molecule has 0 fully saturated rings. The van der Waals surface area contributed by atoms with E-state index in [-0.39, 0.29) is 33.9 Å². The van der Waals surface area contributed by atoms with Gasteiger partial charge in [-0.15, -0.1) is 0 Å². The minimum Gasteiger partial charge on any atom is -0.452 e. The molecule has 0 aromatic heterocycles. The van der Waals surface area contributed by atoms with Crippen molar-refractivity contribution in [1.82, 2.24) is 0 Å². The van der Waals surface area contributed by atoms with E-state index < -0.39 is 0 Å². The third-order valence-corrected chi connectivity index (χ3v) is 13.8. The lowest BCUT2D eigenvalue weighted by Gasteiger charge is -2.49. The summed E-state index contributed by atoms with van der Waals surface area (Å²) < 4.78 is 7.44. The maximum Gasteiger partial charge on any atom is 0.333 e. The Kier molecular flexibility index (Phi) is 7.71. The van der Waals surface area contributed by atoms with Crippen LogP contribution in [0.25, 0.3) is 22.3 Å². The minimum absolute atomic E-state index is 0.0303. The number of rotatable bonds is 1. The molecule has 6 aromatic rings. The van der Waals surface area contributed by atoms with Gasteiger partial charge in [-0.25, -0.2) is 0 Å². The summed E-state index contributed by atoms with van der Waals surface area (Å²) in [6.45, 7) is 32.6. The molecule has 59 heavy (non-hydrogen) atoms. The van der Waals surface area contributed by atoms with Gasteiger partial charge >= 0.3 is 6.85 Å². The fourth-order valence-electron chi connectivity index (χ4n) is 10.3. The summed E-state index contributed by atoms with van der Waals surface area (Å²) in [4.78, 5) is 5.26. The first kappa shape index (κ1) is 38.0. The maximum absolute atomic E-state index is 7.44. The Labute approximate surface area is 353 Å². The summed E-state index contributed by atoms with van der Waals surface area (Å²) in [6, 6.07) is 40.2. The highest BCUT2D eigenvalue weighted by atomic mass is 16.5. The van der Waals surface area contributed by atoms with E-state index in [0.717, 1.165) is 17.2 Å². The highest BCUT2D eigenvalue weighted by Gasteiger charge is 2.50. The number of benzene rings is 6. The summed E-state index contributed by atoms with van der Waals surface area (Å²) >= 11 is 0. The van der Waals surface area contributed by atoms with E-state index in [4.69, 9.17) is 4.74 Å². The maximum atomic E-state index is 7.44. The van der Waals surface area contributed by atoms with E-state index in [1.165, 1.54) is 89.3 Å². The third kappa shape index (κ3) is 5.47. The van der Waals surface area contributed by atoms with Gasteiger partial charge in [0, 0.05) is 33.6 Å². The van der Waals surface area contributed by atoms with E-state index in [1.807, 2.05) is 0 Å². The molecular formula is C55H59BN2O. The first-order chi connectivity index (χ1) is 27.5. The summed E-state index contributed by atoms with van der Waals surface area (Å²) in [5, 5.41) is 0. The summed E-state index contributed by atoms with van der Waals surface area (Å²) in [6.07, 6.45) is 0. The molecule has 0 radical (unpaired) electrons. The smallest absolute Gasteiger partial charge is 0.333 e. The Bertz CT molecular complexity index is 2760. The monoisotopic (exact) mass is 774 g/mol. The van der Waals surface area contributed by atoms with Gasteiger partial charge in [0.15, 0.2) is 11.5 Å². The molecule has 0 amide bonds. The molecule has 0 unspecified atom stereocenters. The van der Waals surface area contributed by atoms with Gasteiger partial charge in [0.05, 0.1) is 11.4 Å². The number of fused-ring (bicyclic) bond motifs is 10. The summed E-state index contributed by atoms with van der Waals surface area (Å²) in [5.41, 5.74) is 21.3. The van der Waals surface area contributed by atoms with Gasteiger partial charge in [0.2, 0.25) is 0 Å². The van der Waals surface area contributed by atoms with E-state index >= 15 is 0 Å². The zero-order valence-corrected chi connectivity index (χ0v) is 37.7. The lowest BCUT2D eigenvalue weighted by molar-refractivity contribution is 0.475. The van der Waals surface area contributed by atoms with Crippen LogP contribution >= 0.6 is 0 Å². The lowest BCUT2D eigenvalue weighted by atomic mass is 9.43. The number of hydrogen-bond acceptors (Lipinski definition) is 3. The predicted molar refractivity (Wildman–Crippen MR) is 253 cm³/mol.